The van der Waals surface area contributed by atoms with E-state index >= 15 is 0 Å². The van der Waals surface area contributed by atoms with Crippen molar-refractivity contribution in [3.05, 3.63) is 33.5 Å². The molecule has 0 aliphatic heterocycles. The van der Waals surface area contributed by atoms with Crippen molar-refractivity contribution < 1.29 is 14.3 Å². The minimum atomic E-state index is -1.00. The Kier molecular flexibility index (Phi) is 3.48. The highest BCUT2D eigenvalue weighted by Crippen LogP contribution is 2.32. The van der Waals surface area contributed by atoms with Crippen LogP contribution >= 0.6 is 15.9 Å². The van der Waals surface area contributed by atoms with Gasteiger partial charge >= 0.3 is 5.97 Å². The number of aryl methyl sites for hydroxylation is 1. The Morgan fingerprint density at radius 1 is 1.44 bits per heavy atom. The third-order valence-corrected chi connectivity index (χ3v) is 3.31. The van der Waals surface area contributed by atoms with E-state index in [1.54, 1.807) is 0 Å². The van der Waals surface area contributed by atoms with E-state index in [-0.39, 0.29) is 5.76 Å². The average molecular weight is 311 g/mol. The number of carboxylic acids is 1. The van der Waals surface area contributed by atoms with Crippen molar-refractivity contribution in [1.29, 1.82) is 0 Å². The summed E-state index contributed by atoms with van der Waals surface area (Å²) in [4.78, 5) is 11.3. The summed E-state index contributed by atoms with van der Waals surface area (Å²) in [5.74, 6) is -0.555. The van der Waals surface area contributed by atoms with E-state index in [1.807, 2.05) is 19.1 Å². The summed E-state index contributed by atoms with van der Waals surface area (Å²) in [5, 5.41) is 10.1. The molecule has 0 fully saturated rings. The van der Waals surface area contributed by atoms with Gasteiger partial charge in [-0.25, -0.2) is 4.79 Å². The normalized spacial score (nSPS) is 11.4. The fourth-order valence-electron chi connectivity index (χ4n) is 2.16. The highest BCUT2D eigenvalue weighted by Gasteiger charge is 2.21. The lowest BCUT2D eigenvalue weighted by atomic mass is 9.99. The molecule has 2 aromatic rings. The summed E-state index contributed by atoms with van der Waals surface area (Å²) >= 11 is 3.44. The number of hydrogen-bond acceptors (Lipinski definition) is 2. The average Bonchev–Trinajstić information content (AvgIpc) is 2.57. The first-order valence-corrected chi connectivity index (χ1v) is 6.64. The molecule has 0 aliphatic rings. The van der Waals surface area contributed by atoms with E-state index in [1.165, 1.54) is 0 Å². The van der Waals surface area contributed by atoms with E-state index in [2.05, 4.69) is 29.8 Å². The van der Waals surface area contributed by atoms with Crippen LogP contribution in [0.1, 0.15) is 35.5 Å². The summed E-state index contributed by atoms with van der Waals surface area (Å²) < 4.78 is 6.47. The third kappa shape index (κ3) is 2.29. The molecule has 0 radical (unpaired) electrons. The number of carbonyl (C=O) groups is 1. The monoisotopic (exact) mass is 310 g/mol. The molecule has 0 unspecified atom stereocenters. The molecule has 1 heterocycles. The van der Waals surface area contributed by atoms with Crippen molar-refractivity contribution in [2.75, 3.05) is 0 Å². The molecular formula is C14H15BrO3. The van der Waals surface area contributed by atoms with E-state index in [0.717, 1.165) is 21.0 Å². The van der Waals surface area contributed by atoms with E-state index in [9.17, 15) is 9.90 Å². The van der Waals surface area contributed by atoms with Gasteiger partial charge in [0.1, 0.15) is 5.58 Å². The van der Waals surface area contributed by atoms with Gasteiger partial charge < -0.3 is 9.52 Å². The first-order valence-electron chi connectivity index (χ1n) is 5.85. The van der Waals surface area contributed by atoms with Crippen LogP contribution in [0.5, 0.6) is 0 Å². The molecule has 3 nitrogen and oxygen atoms in total. The van der Waals surface area contributed by atoms with Gasteiger partial charge in [-0.3, -0.25) is 0 Å². The molecule has 0 aliphatic carbocycles. The summed E-state index contributed by atoms with van der Waals surface area (Å²) in [6.45, 7) is 6.05. The van der Waals surface area contributed by atoms with E-state index in [0.29, 0.717) is 17.9 Å². The van der Waals surface area contributed by atoms with Crippen molar-refractivity contribution in [2.45, 2.75) is 27.2 Å². The Hall–Kier alpha value is -1.29. The van der Waals surface area contributed by atoms with Gasteiger partial charge in [0, 0.05) is 15.4 Å². The highest BCUT2D eigenvalue weighted by atomic mass is 79.9. The maximum atomic E-state index is 11.3. The molecule has 0 spiro atoms. The van der Waals surface area contributed by atoms with Crippen molar-refractivity contribution in [3.63, 3.8) is 0 Å². The zero-order valence-corrected chi connectivity index (χ0v) is 12.2. The summed E-state index contributed by atoms with van der Waals surface area (Å²) in [6, 6.07) is 3.85. The van der Waals surface area contributed by atoms with Crippen molar-refractivity contribution in [2.24, 2.45) is 5.92 Å². The van der Waals surface area contributed by atoms with Crippen LogP contribution in [0.2, 0.25) is 0 Å². The number of halogens is 1. The van der Waals surface area contributed by atoms with Gasteiger partial charge in [-0.15, -0.1) is 0 Å². The minimum absolute atomic E-state index is 0.0694. The van der Waals surface area contributed by atoms with Crippen molar-refractivity contribution >= 4 is 32.9 Å². The Morgan fingerprint density at radius 3 is 2.67 bits per heavy atom. The Labute approximate surface area is 114 Å². The summed E-state index contributed by atoms with van der Waals surface area (Å²) in [7, 11) is 0. The molecule has 1 aromatic heterocycles. The molecule has 0 saturated carbocycles. The van der Waals surface area contributed by atoms with Gasteiger partial charge in [0.15, 0.2) is 0 Å². The molecule has 0 amide bonds. The Bertz CT molecular complexity index is 611. The number of benzene rings is 1. The lowest BCUT2D eigenvalue weighted by Gasteiger charge is -2.04. The number of fused-ring (bicyclic) bond motifs is 1. The second-order valence-electron chi connectivity index (χ2n) is 4.91. The molecule has 0 bridgehead atoms. The fraction of sp³-hybridized carbons (Fsp3) is 0.357. The van der Waals surface area contributed by atoms with Crippen LogP contribution in [0.3, 0.4) is 0 Å². The van der Waals surface area contributed by atoms with Crippen molar-refractivity contribution in [1.82, 2.24) is 0 Å². The van der Waals surface area contributed by atoms with Crippen molar-refractivity contribution in [3.8, 4) is 0 Å². The van der Waals surface area contributed by atoms with Crippen LogP contribution in [0, 0.1) is 12.8 Å². The van der Waals surface area contributed by atoms with Gasteiger partial charge in [-0.05, 0) is 37.0 Å². The Balaban J connectivity index is 2.76. The molecule has 18 heavy (non-hydrogen) atoms. The molecular weight excluding hydrogens is 296 g/mol. The molecule has 1 N–H and O–H groups in total. The van der Waals surface area contributed by atoms with Gasteiger partial charge in [0.25, 0.3) is 0 Å². The second-order valence-corrected chi connectivity index (χ2v) is 5.83. The fourth-order valence-corrected chi connectivity index (χ4v) is 2.73. The zero-order chi connectivity index (χ0) is 13.4. The van der Waals surface area contributed by atoms with Gasteiger partial charge in [-0.2, -0.15) is 0 Å². The molecule has 2 rings (SSSR count). The van der Waals surface area contributed by atoms with E-state index in [4.69, 9.17) is 4.42 Å². The van der Waals surface area contributed by atoms with Gasteiger partial charge in [-0.1, -0.05) is 29.8 Å². The number of aromatic carboxylic acids is 1. The van der Waals surface area contributed by atoms with Crippen LogP contribution in [0.15, 0.2) is 21.0 Å². The molecule has 0 atom stereocenters. The summed E-state index contributed by atoms with van der Waals surface area (Å²) in [6.07, 6.45) is 0.699. The lowest BCUT2D eigenvalue weighted by Crippen LogP contribution is -2.02. The SMILES string of the molecule is Cc1cc(Br)cc2c(CC(C)C)c(C(=O)O)oc12. The van der Waals surface area contributed by atoms with Crippen LogP contribution in [0.25, 0.3) is 11.0 Å². The number of rotatable bonds is 3. The zero-order valence-electron chi connectivity index (χ0n) is 10.6. The first-order chi connectivity index (χ1) is 8.40. The lowest BCUT2D eigenvalue weighted by molar-refractivity contribution is 0.0663. The standard InChI is InChI=1S/C14H15BrO3/c1-7(2)4-10-11-6-9(15)5-8(3)12(11)18-13(10)14(16)17/h5-7H,4H2,1-3H3,(H,16,17). The second kappa shape index (κ2) is 4.76. The minimum Gasteiger partial charge on any atom is -0.475 e. The quantitative estimate of drug-likeness (QED) is 0.914. The number of carboxylic acid groups (broad SMARTS) is 1. The van der Waals surface area contributed by atoms with Crippen LogP contribution in [0.4, 0.5) is 0 Å². The third-order valence-electron chi connectivity index (χ3n) is 2.85. The van der Waals surface area contributed by atoms with Crippen LogP contribution in [-0.4, -0.2) is 11.1 Å². The van der Waals surface area contributed by atoms with Gasteiger partial charge in [0.05, 0.1) is 0 Å². The number of hydrogen-bond donors (Lipinski definition) is 1. The van der Waals surface area contributed by atoms with E-state index < -0.39 is 5.97 Å². The predicted octanol–water partition coefficient (Wildman–Crippen LogP) is 4.40. The van der Waals surface area contributed by atoms with Crippen LogP contribution < -0.4 is 0 Å². The smallest absolute Gasteiger partial charge is 0.372 e. The van der Waals surface area contributed by atoms with Crippen LogP contribution in [-0.2, 0) is 6.42 Å². The predicted molar refractivity (Wildman–Crippen MR) is 74.2 cm³/mol. The molecule has 4 heteroatoms. The maximum absolute atomic E-state index is 11.3. The largest absolute Gasteiger partial charge is 0.475 e. The molecule has 1 aromatic carbocycles. The highest BCUT2D eigenvalue weighted by molar-refractivity contribution is 9.10. The maximum Gasteiger partial charge on any atom is 0.372 e. The first kappa shape index (κ1) is 13.1. The number of furan rings is 1. The molecule has 96 valence electrons. The topological polar surface area (TPSA) is 50.4 Å². The molecule has 0 saturated heterocycles. The summed E-state index contributed by atoms with van der Waals surface area (Å²) in [5.41, 5.74) is 2.40. The Morgan fingerprint density at radius 2 is 2.11 bits per heavy atom. The van der Waals surface area contributed by atoms with Gasteiger partial charge in [0.2, 0.25) is 5.76 Å².